The SMILES string of the molecule is Cc1cc(Oc2nccc(C)c2C(=O)O)ccc1Br. The van der Waals surface area contributed by atoms with Crippen LogP contribution >= 0.6 is 15.9 Å². The summed E-state index contributed by atoms with van der Waals surface area (Å²) in [6, 6.07) is 7.07. The van der Waals surface area contributed by atoms with Crippen LogP contribution in [0.25, 0.3) is 0 Å². The number of rotatable bonds is 3. The van der Waals surface area contributed by atoms with Crippen LogP contribution in [-0.2, 0) is 0 Å². The summed E-state index contributed by atoms with van der Waals surface area (Å²) in [5.74, 6) is -0.384. The van der Waals surface area contributed by atoms with Crippen LogP contribution in [0.2, 0.25) is 0 Å². The van der Waals surface area contributed by atoms with Crippen LogP contribution in [0.15, 0.2) is 34.9 Å². The number of hydrogen-bond acceptors (Lipinski definition) is 3. The Morgan fingerprint density at radius 1 is 1.26 bits per heavy atom. The summed E-state index contributed by atoms with van der Waals surface area (Å²) < 4.78 is 6.54. The van der Waals surface area contributed by atoms with Crippen LogP contribution < -0.4 is 4.74 Å². The number of carboxylic acid groups (broad SMARTS) is 1. The predicted octanol–water partition coefficient (Wildman–Crippen LogP) is 3.95. The molecule has 0 spiro atoms. The quantitative estimate of drug-likeness (QED) is 0.929. The van der Waals surface area contributed by atoms with Crippen molar-refractivity contribution in [1.82, 2.24) is 4.98 Å². The molecule has 1 aromatic carbocycles. The number of ether oxygens (including phenoxy) is 1. The lowest BCUT2D eigenvalue weighted by Crippen LogP contribution is -2.04. The molecule has 0 bridgehead atoms. The van der Waals surface area contributed by atoms with Crippen LogP contribution in [-0.4, -0.2) is 16.1 Å². The average molecular weight is 322 g/mol. The number of benzene rings is 1. The topological polar surface area (TPSA) is 59.4 Å². The lowest BCUT2D eigenvalue weighted by Gasteiger charge is -2.10. The van der Waals surface area contributed by atoms with Gasteiger partial charge in [0, 0.05) is 10.7 Å². The van der Waals surface area contributed by atoms with E-state index in [1.807, 2.05) is 19.1 Å². The van der Waals surface area contributed by atoms with E-state index in [2.05, 4.69) is 20.9 Å². The van der Waals surface area contributed by atoms with Gasteiger partial charge in [-0.25, -0.2) is 9.78 Å². The van der Waals surface area contributed by atoms with Crippen molar-refractivity contribution < 1.29 is 14.6 Å². The molecule has 0 aliphatic carbocycles. The molecule has 1 aromatic heterocycles. The van der Waals surface area contributed by atoms with Gasteiger partial charge < -0.3 is 9.84 Å². The molecule has 19 heavy (non-hydrogen) atoms. The first-order valence-corrected chi connectivity index (χ1v) is 6.41. The zero-order valence-corrected chi connectivity index (χ0v) is 12.1. The standard InChI is InChI=1S/C14H12BrNO3/c1-8-5-6-16-13(12(8)14(17)18)19-10-3-4-11(15)9(2)7-10/h3-7H,1-2H3,(H,17,18). The first kappa shape index (κ1) is 13.5. The van der Waals surface area contributed by atoms with E-state index >= 15 is 0 Å². The van der Waals surface area contributed by atoms with Crippen LogP contribution in [0.1, 0.15) is 21.5 Å². The Labute approximate surface area is 119 Å². The third-order valence-electron chi connectivity index (χ3n) is 2.68. The molecule has 0 fully saturated rings. The number of hydrogen-bond donors (Lipinski definition) is 1. The molecule has 0 amide bonds. The zero-order chi connectivity index (χ0) is 14.0. The van der Waals surface area contributed by atoms with Gasteiger partial charge in [0.2, 0.25) is 5.88 Å². The lowest BCUT2D eigenvalue weighted by molar-refractivity contribution is 0.0692. The summed E-state index contributed by atoms with van der Waals surface area (Å²) in [6.07, 6.45) is 1.53. The molecule has 0 radical (unpaired) electrons. The van der Waals surface area contributed by atoms with Crippen molar-refractivity contribution in [1.29, 1.82) is 0 Å². The van der Waals surface area contributed by atoms with Crippen LogP contribution in [0, 0.1) is 13.8 Å². The largest absolute Gasteiger partial charge is 0.477 e. The van der Waals surface area contributed by atoms with Gasteiger partial charge in [-0.1, -0.05) is 15.9 Å². The molecule has 0 saturated carbocycles. The van der Waals surface area contributed by atoms with Gasteiger partial charge in [-0.3, -0.25) is 0 Å². The van der Waals surface area contributed by atoms with Crippen molar-refractivity contribution >= 4 is 21.9 Å². The van der Waals surface area contributed by atoms with Gasteiger partial charge in [-0.05, 0) is 49.2 Å². The van der Waals surface area contributed by atoms with Gasteiger partial charge in [0.1, 0.15) is 11.3 Å². The van der Waals surface area contributed by atoms with E-state index in [9.17, 15) is 9.90 Å². The van der Waals surface area contributed by atoms with E-state index in [0.29, 0.717) is 11.3 Å². The van der Waals surface area contributed by atoms with E-state index in [1.165, 1.54) is 6.20 Å². The fourth-order valence-electron chi connectivity index (χ4n) is 1.66. The Kier molecular flexibility index (Phi) is 3.85. The molecule has 1 heterocycles. The molecule has 98 valence electrons. The number of nitrogens with zero attached hydrogens (tertiary/aromatic N) is 1. The Hall–Kier alpha value is -1.88. The highest BCUT2D eigenvalue weighted by Crippen LogP contribution is 2.28. The first-order valence-electron chi connectivity index (χ1n) is 5.62. The second kappa shape index (κ2) is 5.40. The predicted molar refractivity (Wildman–Crippen MR) is 74.9 cm³/mol. The van der Waals surface area contributed by atoms with E-state index in [1.54, 1.807) is 19.1 Å². The number of halogens is 1. The molecule has 1 N–H and O–H groups in total. The number of aryl methyl sites for hydroxylation is 2. The van der Waals surface area contributed by atoms with Gasteiger partial charge in [-0.15, -0.1) is 0 Å². The number of aromatic carboxylic acids is 1. The fraction of sp³-hybridized carbons (Fsp3) is 0.143. The van der Waals surface area contributed by atoms with Crippen LogP contribution in [0.4, 0.5) is 0 Å². The van der Waals surface area contributed by atoms with Crippen molar-refractivity contribution in [3.05, 3.63) is 51.6 Å². The summed E-state index contributed by atoms with van der Waals surface area (Å²) in [5.41, 5.74) is 1.71. The molecule has 2 aromatic rings. The Morgan fingerprint density at radius 3 is 2.63 bits per heavy atom. The number of pyridine rings is 1. The second-order valence-corrected chi connectivity index (χ2v) is 4.98. The van der Waals surface area contributed by atoms with Crippen molar-refractivity contribution in [3.8, 4) is 11.6 Å². The lowest BCUT2D eigenvalue weighted by atomic mass is 10.1. The zero-order valence-electron chi connectivity index (χ0n) is 10.5. The maximum absolute atomic E-state index is 11.2. The summed E-state index contributed by atoms with van der Waals surface area (Å²) in [6.45, 7) is 3.64. The highest BCUT2D eigenvalue weighted by Gasteiger charge is 2.16. The van der Waals surface area contributed by atoms with Gasteiger partial charge in [0.25, 0.3) is 0 Å². The molecule has 0 saturated heterocycles. The number of carboxylic acids is 1. The summed E-state index contributed by atoms with van der Waals surface area (Å²) >= 11 is 3.40. The fourth-order valence-corrected chi connectivity index (χ4v) is 1.91. The molecule has 0 atom stereocenters. The Bertz CT molecular complexity index is 641. The van der Waals surface area contributed by atoms with E-state index in [-0.39, 0.29) is 11.4 Å². The smallest absolute Gasteiger partial charge is 0.341 e. The summed E-state index contributed by atoms with van der Waals surface area (Å²) in [5, 5.41) is 9.20. The molecule has 5 heteroatoms. The monoisotopic (exact) mass is 321 g/mol. The molecule has 2 rings (SSSR count). The molecule has 0 unspecified atom stereocenters. The van der Waals surface area contributed by atoms with Crippen molar-refractivity contribution in [3.63, 3.8) is 0 Å². The van der Waals surface area contributed by atoms with Crippen LogP contribution in [0.3, 0.4) is 0 Å². The maximum Gasteiger partial charge on any atom is 0.341 e. The molecule has 0 aliphatic heterocycles. The minimum atomic E-state index is -1.05. The van der Waals surface area contributed by atoms with Gasteiger partial charge in [0.15, 0.2) is 0 Å². The third kappa shape index (κ3) is 2.93. The van der Waals surface area contributed by atoms with Gasteiger partial charge in [0.05, 0.1) is 0 Å². The van der Waals surface area contributed by atoms with Crippen LogP contribution in [0.5, 0.6) is 11.6 Å². The molecular weight excluding hydrogens is 310 g/mol. The van der Waals surface area contributed by atoms with E-state index < -0.39 is 5.97 Å². The van der Waals surface area contributed by atoms with E-state index in [0.717, 1.165) is 10.0 Å². The normalized spacial score (nSPS) is 10.3. The van der Waals surface area contributed by atoms with E-state index in [4.69, 9.17) is 4.74 Å². The third-order valence-corrected chi connectivity index (χ3v) is 3.57. The molecular formula is C14H12BrNO3. The highest BCUT2D eigenvalue weighted by atomic mass is 79.9. The Morgan fingerprint density at radius 2 is 2.00 bits per heavy atom. The minimum Gasteiger partial charge on any atom is -0.477 e. The maximum atomic E-state index is 11.2. The van der Waals surface area contributed by atoms with Gasteiger partial charge >= 0.3 is 5.97 Å². The van der Waals surface area contributed by atoms with Crippen molar-refractivity contribution in [2.24, 2.45) is 0 Å². The second-order valence-electron chi connectivity index (χ2n) is 4.13. The first-order chi connectivity index (χ1) is 8.99. The minimum absolute atomic E-state index is 0.0862. The van der Waals surface area contributed by atoms with Crippen molar-refractivity contribution in [2.45, 2.75) is 13.8 Å². The molecule has 4 nitrogen and oxygen atoms in total. The Balaban J connectivity index is 2.40. The summed E-state index contributed by atoms with van der Waals surface area (Å²) in [4.78, 5) is 15.2. The van der Waals surface area contributed by atoms with Gasteiger partial charge in [-0.2, -0.15) is 0 Å². The highest BCUT2D eigenvalue weighted by molar-refractivity contribution is 9.10. The van der Waals surface area contributed by atoms with Crippen molar-refractivity contribution in [2.75, 3.05) is 0 Å². The summed E-state index contributed by atoms with van der Waals surface area (Å²) in [7, 11) is 0. The number of carbonyl (C=O) groups is 1. The average Bonchev–Trinajstić information content (AvgIpc) is 2.33. The number of aromatic nitrogens is 1. The molecule has 0 aliphatic rings.